The van der Waals surface area contributed by atoms with Crippen LogP contribution in [0.5, 0.6) is 5.75 Å². The van der Waals surface area contributed by atoms with E-state index in [1.807, 2.05) is 0 Å². The highest BCUT2D eigenvalue weighted by atomic mass is 32.2. The zero-order valence-corrected chi connectivity index (χ0v) is 17.2. The summed E-state index contributed by atoms with van der Waals surface area (Å²) in [6.07, 6.45) is 0. The van der Waals surface area contributed by atoms with E-state index in [-0.39, 0.29) is 10.6 Å². The molecule has 1 aromatic heterocycles. The lowest BCUT2D eigenvalue weighted by molar-refractivity contribution is 0.100. The number of carbonyl (C=O) groups excluding carboxylic acids is 1. The number of amides is 1. The standard InChI is InChI=1S/C23H17NO6S/c1-29-18-13-11-17(12-14-18)24(31(27,28)19-8-3-2-4-9-19)22(25)20-15-16-7-5-6-10-21(16)30-23(20)26/h2-15H,1H3. The molecule has 0 N–H and O–H groups in total. The van der Waals surface area contributed by atoms with Crippen molar-refractivity contribution in [2.45, 2.75) is 4.90 Å². The number of sulfonamides is 1. The molecule has 0 spiro atoms. The van der Waals surface area contributed by atoms with Gasteiger partial charge in [-0.05, 0) is 48.5 Å². The lowest BCUT2D eigenvalue weighted by atomic mass is 10.1. The molecule has 4 rings (SSSR count). The number of anilines is 1. The van der Waals surface area contributed by atoms with Gasteiger partial charge in [-0.3, -0.25) is 4.79 Å². The first-order valence-corrected chi connectivity index (χ1v) is 10.7. The van der Waals surface area contributed by atoms with Crippen LogP contribution in [-0.4, -0.2) is 21.4 Å². The number of hydrogen-bond donors (Lipinski definition) is 0. The van der Waals surface area contributed by atoms with Gasteiger partial charge in [-0.25, -0.2) is 13.2 Å². The topological polar surface area (TPSA) is 93.9 Å². The Morgan fingerprint density at radius 2 is 1.55 bits per heavy atom. The molecule has 0 fully saturated rings. The molecule has 0 saturated heterocycles. The van der Waals surface area contributed by atoms with Gasteiger partial charge < -0.3 is 9.15 Å². The number of fused-ring (bicyclic) bond motifs is 1. The quantitative estimate of drug-likeness (QED) is 0.442. The minimum atomic E-state index is -4.33. The average Bonchev–Trinajstić information content (AvgIpc) is 2.79. The zero-order valence-electron chi connectivity index (χ0n) is 16.4. The molecule has 0 atom stereocenters. The number of nitrogens with zero attached hydrogens (tertiary/aromatic N) is 1. The van der Waals surface area contributed by atoms with E-state index >= 15 is 0 Å². The number of carbonyl (C=O) groups is 1. The molecule has 4 aromatic rings. The highest BCUT2D eigenvalue weighted by molar-refractivity contribution is 7.93. The summed E-state index contributed by atoms with van der Waals surface area (Å²) in [6, 6.07) is 21.4. The molecule has 7 nitrogen and oxygen atoms in total. The molecule has 3 aromatic carbocycles. The third kappa shape index (κ3) is 3.80. The van der Waals surface area contributed by atoms with Gasteiger partial charge in [0.25, 0.3) is 15.9 Å². The van der Waals surface area contributed by atoms with Crippen molar-refractivity contribution in [3.8, 4) is 5.75 Å². The van der Waals surface area contributed by atoms with Gasteiger partial charge in [0.2, 0.25) is 0 Å². The fourth-order valence-corrected chi connectivity index (χ4v) is 4.53. The van der Waals surface area contributed by atoms with Crippen LogP contribution in [0.2, 0.25) is 0 Å². The van der Waals surface area contributed by atoms with Gasteiger partial charge in [-0.1, -0.05) is 36.4 Å². The number of benzene rings is 3. The van der Waals surface area contributed by atoms with Crippen molar-refractivity contribution < 1.29 is 22.4 Å². The maximum absolute atomic E-state index is 13.4. The summed E-state index contributed by atoms with van der Waals surface area (Å²) >= 11 is 0. The molecule has 0 aliphatic rings. The molecular formula is C23H17NO6S. The number of methoxy groups -OCH3 is 1. The van der Waals surface area contributed by atoms with Crippen LogP contribution in [0.15, 0.2) is 99.0 Å². The van der Waals surface area contributed by atoms with Gasteiger partial charge in [0.1, 0.15) is 16.9 Å². The molecule has 31 heavy (non-hydrogen) atoms. The highest BCUT2D eigenvalue weighted by Crippen LogP contribution is 2.28. The third-order valence-electron chi connectivity index (χ3n) is 4.64. The first-order chi connectivity index (χ1) is 14.9. The molecule has 0 unspecified atom stereocenters. The Hall–Kier alpha value is -3.91. The van der Waals surface area contributed by atoms with Crippen LogP contribution in [0, 0.1) is 0 Å². The summed E-state index contributed by atoms with van der Waals surface area (Å²) in [4.78, 5) is 25.9. The Labute approximate surface area is 178 Å². The first-order valence-electron chi connectivity index (χ1n) is 9.23. The number of ether oxygens (including phenoxy) is 1. The van der Waals surface area contributed by atoms with E-state index in [9.17, 15) is 18.0 Å². The average molecular weight is 435 g/mol. The normalized spacial score (nSPS) is 11.3. The smallest absolute Gasteiger partial charge is 0.349 e. The van der Waals surface area contributed by atoms with Gasteiger partial charge in [0, 0.05) is 5.39 Å². The molecule has 1 amide bonds. The van der Waals surface area contributed by atoms with Crippen molar-refractivity contribution in [3.05, 3.63) is 101 Å². The van der Waals surface area contributed by atoms with E-state index in [1.165, 1.54) is 49.6 Å². The van der Waals surface area contributed by atoms with Crippen LogP contribution in [0.1, 0.15) is 10.4 Å². The number of hydrogen-bond acceptors (Lipinski definition) is 6. The predicted molar refractivity (Wildman–Crippen MR) is 116 cm³/mol. The summed E-state index contributed by atoms with van der Waals surface area (Å²) in [5.74, 6) is -0.535. The summed E-state index contributed by atoms with van der Waals surface area (Å²) < 4.78 is 37.8. The van der Waals surface area contributed by atoms with E-state index < -0.39 is 27.1 Å². The SMILES string of the molecule is COc1ccc(N(C(=O)c2cc3ccccc3oc2=O)S(=O)(=O)c2ccccc2)cc1. The van der Waals surface area contributed by atoms with Gasteiger partial charge in [-0.2, -0.15) is 4.31 Å². The van der Waals surface area contributed by atoms with Crippen LogP contribution >= 0.6 is 0 Å². The van der Waals surface area contributed by atoms with Crippen LogP contribution in [0.25, 0.3) is 11.0 Å². The Bertz CT molecular complexity index is 1410. The minimum Gasteiger partial charge on any atom is -0.497 e. The van der Waals surface area contributed by atoms with E-state index in [2.05, 4.69) is 0 Å². The summed E-state index contributed by atoms with van der Waals surface area (Å²) in [7, 11) is -2.86. The van der Waals surface area contributed by atoms with Gasteiger partial charge in [-0.15, -0.1) is 0 Å². The monoisotopic (exact) mass is 435 g/mol. The Kier molecular flexibility index (Phi) is 5.31. The van der Waals surface area contributed by atoms with Crippen molar-refractivity contribution in [1.82, 2.24) is 0 Å². The molecular weight excluding hydrogens is 418 g/mol. The second kappa shape index (κ2) is 8.08. The number of para-hydroxylation sites is 1. The second-order valence-electron chi connectivity index (χ2n) is 6.57. The second-order valence-corrected chi connectivity index (χ2v) is 8.36. The molecule has 0 saturated carbocycles. The van der Waals surface area contributed by atoms with E-state index in [0.717, 1.165) is 0 Å². The predicted octanol–water partition coefficient (Wildman–Crippen LogP) is 3.84. The molecule has 8 heteroatoms. The molecule has 0 aliphatic carbocycles. The van der Waals surface area contributed by atoms with Crippen LogP contribution in [0.3, 0.4) is 0 Å². The molecule has 0 aliphatic heterocycles. The number of rotatable bonds is 5. The van der Waals surface area contributed by atoms with E-state index in [4.69, 9.17) is 9.15 Å². The van der Waals surface area contributed by atoms with Crippen molar-refractivity contribution in [3.63, 3.8) is 0 Å². The van der Waals surface area contributed by atoms with E-state index in [0.29, 0.717) is 21.0 Å². The van der Waals surface area contributed by atoms with Crippen LogP contribution < -0.4 is 14.7 Å². The van der Waals surface area contributed by atoms with E-state index in [1.54, 1.807) is 42.5 Å². The maximum Gasteiger partial charge on any atom is 0.349 e. The Morgan fingerprint density at radius 1 is 0.903 bits per heavy atom. The van der Waals surface area contributed by atoms with Gasteiger partial charge in [0.05, 0.1) is 17.7 Å². The minimum absolute atomic E-state index is 0.0576. The Balaban J connectivity index is 1.91. The van der Waals surface area contributed by atoms with Crippen molar-refractivity contribution in [1.29, 1.82) is 0 Å². The molecule has 156 valence electrons. The van der Waals surface area contributed by atoms with Gasteiger partial charge in [0.15, 0.2) is 0 Å². The summed E-state index contributed by atoms with van der Waals surface area (Å²) in [5.41, 5.74) is -0.965. The molecule has 0 radical (unpaired) electrons. The third-order valence-corrected chi connectivity index (χ3v) is 6.37. The lowest BCUT2D eigenvalue weighted by Crippen LogP contribution is -2.39. The summed E-state index contributed by atoms with van der Waals surface area (Å²) in [6.45, 7) is 0. The highest BCUT2D eigenvalue weighted by Gasteiger charge is 2.33. The molecule has 0 bridgehead atoms. The fourth-order valence-electron chi connectivity index (χ4n) is 3.10. The first kappa shape index (κ1) is 20.4. The van der Waals surface area contributed by atoms with Crippen LogP contribution in [-0.2, 0) is 10.0 Å². The molecule has 1 heterocycles. The largest absolute Gasteiger partial charge is 0.497 e. The van der Waals surface area contributed by atoms with Crippen LogP contribution in [0.4, 0.5) is 5.69 Å². The Morgan fingerprint density at radius 3 is 2.23 bits per heavy atom. The fraction of sp³-hybridized carbons (Fsp3) is 0.0435. The van der Waals surface area contributed by atoms with Gasteiger partial charge >= 0.3 is 5.63 Å². The van der Waals surface area contributed by atoms with Crippen molar-refractivity contribution >= 4 is 32.6 Å². The lowest BCUT2D eigenvalue weighted by Gasteiger charge is -2.22. The zero-order chi connectivity index (χ0) is 22.0. The maximum atomic E-state index is 13.4. The van der Waals surface area contributed by atoms with Crippen molar-refractivity contribution in [2.75, 3.05) is 11.4 Å². The van der Waals surface area contributed by atoms with Crippen molar-refractivity contribution in [2.24, 2.45) is 0 Å². The summed E-state index contributed by atoms with van der Waals surface area (Å²) in [5, 5.41) is 0.497.